The summed E-state index contributed by atoms with van der Waals surface area (Å²) in [7, 11) is 0. The molecule has 2 N–H and O–H groups in total. The molecule has 0 radical (unpaired) electrons. The molecule has 1 amide bonds. The highest BCUT2D eigenvalue weighted by molar-refractivity contribution is 5.76. The van der Waals surface area contributed by atoms with Crippen molar-refractivity contribution in [2.24, 2.45) is 0 Å². The maximum atomic E-state index is 12.1. The van der Waals surface area contributed by atoms with E-state index in [4.69, 9.17) is 0 Å². The molecule has 6 heteroatoms. The van der Waals surface area contributed by atoms with Gasteiger partial charge in [-0.15, -0.1) is 5.10 Å². The lowest BCUT2D eigenvalue weighted by Gasteiger charge is -2.44. The summed E-state index contributed by atoms with van der Waals surface area (Å²) >= 11 is 0. The number of aryl methyl sites for hydroxylation is 1. The third kappa shape index (κ3) is 3.81. The summed E-state index contributed by atoms with van der Waals surface area (Å²) in [5.74, 6) is 0.128. The van der Waals surface area contributed by atoms with Gasteiger partial charge in [-0.05, 0) is 32.2 Å². The second kappa shape index (κ2) is 6.56. The Bertz CT molecular complexity index is 447. The maximum Gasteiger partial charge on any atom is 0.222 e. The SMILES string of the molecule is O=C(CCn1ccnn1)NC1CCNC2(CCCCC2)C1. The second-order valence-corrected chi connectivity index (χ2v) is 6.44. The molecule has 6 nitrogen and oxygen atoms in total. The van der Waals surface area contributed by atoms with E-state index in [0.29, 0.717) is 24.5 Å². The van der Waals surface area contributed by atoms with Crippen molar-refractivity contribution in [1.82, 2.24) is 25.6 Å². The zero-order valence-corrected chi connectivity index (χ0v) is 12.6. The molecule has 21 heavy (non-hydrogen) atoms. The van der Waals surface area contributed by atoms with Gasteiger partial charge in [0.05, 0.1) is 12.7 Å². The largest absolute Gasteiger partial charge is 0.353 e. The Labute approximate surface area is 125 Å². The average Bonchev–Trinajstić information content (AvgIpc) is 2.99. The fourth-order valence-electron chi connectivity index (χ4n) is 3.76. The van der Waals surface area contributed by atoms with Crippen molar-refractivity contribution in [3.8, 4) is 0 Å². The number of nitrogens with zero attached hydrogens (tertiary/aromatic N) is 3. The molecular weight excluding hydrogens is 266 g/mol. The molecule has 1 aromatic rings. The molecule has 1 aliphatic carbocycles. The van der Waals surface area contributed by atoms with Gasteiger partial charge in [-0.2, -0.15) is 0 Å². The van der Waals surface area contributed by atoms with Gasteiger partial charge in [0.2, 0.25) is 5.91 Å². The van der Waals surface area contributed by atoms with E-state index >= 15 is 0 Å². The van der Waals surface area contributed by atoms with Crippen LogP contribution in [0.25, 0.3) is 0 Å². The number of carbonyl (C=O) groups excluding carboxylic acids is 1. The number of hydrogen-bond donors (Lipinski definition) is 2. The van der Waals surface area contributed by atoms with E-state index in [9.17, 15) is 4.79 Å². The zero-order valence-electron chi connectivity index (χ0n) is 12.6. The van der Waals surface area contributed by atoms with Crippen LogP contribution in [-0.4, -0.2) is 39.0 Å². The lowest BCUT2D eigenvalue weighted by atomic mass is 9.75. The lowest BCUT2D eigenvalue weighted by molar-refractivity contribution is -0.122. The smallest absolute Gasteiger partial charge is 0.222 e. The van der Waals surface area contributed by atoms with E-state index in [1.807, 2.05) is 0 Å². The molecule has 1 saturated carbocycles. The topological polar surface area (TPSA) is 71.8 Å². The van der Waals surface area contributed by atoms with E-state index in [1.54, 1.807) is 17.1 Å². The first-order chi connectivity index (χ1) is 10.3. The fourth-order valence-corrected chi connectivity index (χ4v) is 3.76. The molecule has 2 aliphatic rings. The molecular formula is C15H25N5O. The van der Waals surface area contributed by atoms with Gasteiger partial charge in [0.15, 0.2) is 0 Å². The van der Waals surface area contributed by atoms with Gasteiger partial charge >= 0.3 is 0 Å². The number of rotatable bonds is 4. The number of amides is 1. The van der Waals surface area contributed by atoms with E-state index < -0.39 is 0 Å². The fraction of sp³-hybridized carbons (Fsp3) is 0.800. The second-order valence-electron chi connectivity index (χ2n) is 6.44. The monoisotopic (exact) mass is 291 g/mol. The van der Waals surface area contributed by atoms with E-state index in [0.717, 1.165) is 19.4 Å². The number of nitrogens with one attached hydrogen (secondary N) is 2. The van der Waals surface area contributed by atoms with Crippen molar-refractivity contribution < 1.29 is 4.79 Å². The molecule has 1 atom stereocenters. The Morgan fingerprint density at radius 3 is 3.00 bits per heavy atom. The van der Waals surface area contributed by atoms with Crippen LogP contribution in [0.4, 0.5) is 0 Å². The summed E-state index contributed by atoms with van der Waals surface area (Å²) in [5, 5.41) is 14.6. The molecule has 0 aromatic carbocycles. The van der Waals surface area contributed by atoms with Crippen LogP contribution >= 0.6 is 0 Å². The Morgan fingerprint density at radius 1 is 1.38 bits per heavy atom. The Hall–Kier alpha value is -1.43. The van der Waals surface area contributed by atoms with Gasteiger partial charge in [0.25, 0.3) is 0 Å². The van der Waals surface area contributed by atoms with E-state index in [-0.39, 0.29) is 5.91 Å². The van der Waals surface area contributed by atoms with Crippen molar-refractivity contribution >= 4 is 5.91 Å². The molecule has 1 spiro atoms. The van der Waals surface area contributed by atoms with Crippen LogP contribution in [0.2, 0.25) is 0 Å². The summed E-state index contributed by atoms with van der Waals surface area (Å²) in [6, 6.07) is 0.326. The van der Waals surface area contributed by atoms with Gasteiger partial charge in [-0.25, -0.2) is 0 Å². The Morgan fingerprint density at radius 2 is 2.24 bits per heavy atom. The molecule has 116 valence electrons. The van der Waals surface area contributed by atoms with Gasteiger partial charge in [-0.1, -0.05) is 24.5 Å². The first-order valence-corrected chi connectivity index (χ1v) is 8.14. The zero-order chi connectivity index (χ0) is 14.5. The normalized spacial score (nSPS) is 24.9. The van der Waals surface area contributed by atoms with Crippen LogP contribution in [0.3, 0.4) is 0 Å². The Kier molecular flexibility index (Phi) is 4.53. The molecule has 1 aliphatic heterocycles. The molecule has 1 unspecified atom stereocenters. The summed E-state index contributed by atoms with van der Waals surface area (Å²) in [5.41, 5.74) is 0.292. The Balaban J connectivity index is 1.46. The number of carbonyl (C=O) groups is 1. The van der Waals surface area contributed by atoms with E-state index in [1.165, 1.54) is 32.1 Å². The highest BCUT2D eigenvalue weighted by atomic mass is 16.1. The summed E-state index contributed by atoms with van der Waals surface area (Å²) in [6.07, 6.45) is 12.5. The molecule has 2 heterocycles. The molecule has 1 aromatic heterocycles. The van der Waals surface area contributed by atoms with Crippen LogP contribution in [0.1, 0.15) is 51.4 Å². The predicted octanol–water partition coefficient (Wildman–Crippen LogP) is 1.24. The minimum atomic E-state index is 0.128. The molecule has 3 rings (SSSR count). The minimum absolute atomic E-state index is 0.128. The van der Waals surface area contributed by atoms with Gasteiger partial charge in [0, 0.05) is 24.2 Å². The molecule has 1 saturated heterocycles. The molecule has 0 bridgehead atoms. The number of hydrogen-bond acceptors (Lipinski definition) is 4. The number of aromatic nitrogens is 3. The van der Waals surface area contributed by atoms with Gasteiger partial charge < -0.3 is 10.6 Å². The van der Waals surface area contributed by atoms with Crippen molar-refractivity contribution in [3.63, 3.8) is 0 Å². The van der Waals surface area contributed by atoms with Crippen LogP contribution in [0.15, 0.2) is 12.4 Å². The predicted molar refractivity (Wildman–Crippen MR) is 79.6 cm³/mol. The number of piperidine rings is 1. The van der Waals surface area contributed by atoms with Crippen LogP contribution in [0, 0.1) is 0 Å². The van der Waals surface area contributed by atoms with Gasteiger partial charge in [-0.3, -0.25) is 9.48 Å². The maximum absolute atomic E-state index is 12.1. The average molecular weight is 291 g/mol. The minimum Gasteiger partial charge on any atom is -0.353 e. The third-order valence-corrected chi connectivity index (χ3v) is 4.85. The van der Waals surface area contributed by atoms with Crippen molar-refractivity contribution in [2.45, 2.75) is 69.5 Å². The first kappa shape index (κ1) is 14.5. The first-order valence-electron chi connectivity index (χ1n) is 8.14. The van der Waals surface area contributed by atoms with Gasteiger partial charge in [0.1, 0.15) is 0 Å². The van der Waals surface area contributed by atoms with Crippen LogP contribution in [0.5, 0.6) is 0 Å². The van der Waals surface area contributed by atoms with Crippen LogP contribution in [-0.2, 0) is 11.3 Å². The van der Waals surface area contributed by atoms with Crippen LogP contribution < -0.4 is 10.6 Å². The lowest BCUT2D eigenvalue weighted by Crippen LogP contribution is -2.57. The highest BCUT2D eigenvalue weighted by Gasteiger charge is 2.37. The van der Waals surface area contributed by atoms with E-state index in [2.05, 4.69) is 20.9 Å². The summed E-state index contributed by atoms with van der Waals surface area (Å²) in [4.78, 5) is 12.1. The summed E-state index contributed by atoms with van der Waals surface area (Å²) < 4.78 is 1.70. The van der Waals surface area contributed by atoms with Crippen molar-refractivity contribution in [2.75, 3.05) is 6.54 Å². The van der Waals surface area contributed by atoms with Crippen molar-refractivity contribution in [3.05, 3.63) is 12.4 Å². The quantitative estimate of drug-likeness (QED) is 0.875. The van der Waals surface area contributed by atoms with Crippen molar-refractivity contribution in [1.29, 1.82) is 0 Å². The molecule has 2 fully saturated rings. The standard InChI is InChI=1S/C15H25N5O/c21-14(5-10-20-11-9-17-19-20)18-13-4-8-16-15(12-13)6-2-1-3-7-15/h9,11,13,16H,1-8,10,12H2,(H,18,21). The third-order valence-electron chi connectivity index (χ3n) is 4.85. The highest BCUT2D eigenvalue weighted by Crippen LogP contribution is 2.34. The summed E-state index contributed by atoms with van der Waals surface area (Å²) in [6.45, 7) is 1.62.